The van der Waals surface area contributed by atoms with Gasteiger partial charge in [-0.25, -0.2) is 9.69 Å². The molecule has 4 rings (SSSR count). The van der Waals surface area contributed by atoms with E-state index in [0.717, 1.165) is 57.9 Å². The molecule has 0 saturated carbocycles. The number of benzene rings is 2. The van der Waals surface area contributed by atoms with Gasteiger partial charge in [-0.15, -0.1) is 0 Å². The molecule has 1 N–H and O–H groups in total. The maximum Gasteiger partial charge on any atom is 0.335 e. The fraction of sp³-hybridized carbons (Fsp3) is 0.276. The average Bonchev–Trinajstić information content (AvgIpc) is 3.07. The number of aryl methyl sites for hydroxylation is 4. The molecule has 2 heterocycles. The molecule has 0 atom stereocenters. The van der Waals surface area contributed by atoms with Crippen LogP contribution in [0.25, 0.3) is 11.8 Å². The molecule has 4 amide bonds. The van der Waals surface area contributed by atoms with E-state index in [1.54, 1.807) is 18.2 Å². The molecule has 1 aliphatic heterocycles. The molecule has 0 spiro atoms. The maximum absolute atomic E-state index is 13.3. The summed E-state index contributed by atoms with van der Waals surface area (Å²) >= 11 is 0. The zero-order chi connectivity index (χ0) is 25.3. The van der Waals surface area contributed by atoms with Crippen LogP contribution >= 0.6 is 0 Å². The van der Waals surface area contributed by atoms with Crippen LogP contribution < -0.4 is 10.2 Å². The molecule has 1 aromatic heterocycles. The Labute approximate surface area is 206 Å². The summed E-state index contributed by atoms with van der Waals surface area (Å²) < 4.78 is 2.11. The van der Waals surface area contributed by atoms with Crippen LogP contribution in [0.15, 0.2) is 54.1 Å². The quantitative estimate of drug-likeness (QED) is 0.371. The highest BCUT2D eigenvalue weighted by molar-refractivity contribution is 6.39. The van der Waals surface area contributed by atoms with Gasteiger partial charge in [0.15, 0.2) is 0 Å². The van der Waals surface area contributed by atoms with Crippen LogP contribution in [0.2, 0.25) is 0 Å². The second-order valence-corrected chi connectivity index (χ2v) is 9.24. The molecular weight excluding hydrogens is 438 g/mol. The van der Waals surface area contributed by atoms with Gasteiger partial charge in [-0.2, -0.15) is 0 Å². The first-order chi connectivity index (χ1) is 16.7. The van der Waals surface area contributed by atoms with Gasteiger partial charge in [-0.1, -0.05) is 31.5 Å². The third kappa shape index (κ3) is 4.83. The van der Waals surface area contributed by atoms with E-state index in [0.29, 0.717) is 5.69 Å². The Morgan fingerprint density at radius 2 is 1.51 bits per heavy atom. The van der Waals surface area contributed by atoms with Crippen LogP contribution in [0.4, 0.5) is 10.5 Å². The minimum atomic E-state index is -0.740. The first-order valence-corrected chi connectivity index (χ1v) is 12.0. The number of anilines is 1. The average molecular weight is 470 g/mol. The van der Waals surface area contributed by atoms with Crippen molar-refractivity contribution in [3.05, 3.63) is 87.7 Å². The molecular formula is C29H31N3O3. The van der Waals surface area contributed by atoms with E-state index < -0.39 is 17.8 Å². The molecule has 6 heteroatoms. The van der Waals surface area contributed by atoms with E-state index in [9.17, 15) is 14.4 Å². The monoisotopic (exact) mass is 469 g/mol. The van der Waals surface area contributed by atoms with Crippen LogP contribution in [-0.2, 0) is 16.0 Å². The fourth-order valence-corrected chi connectivity index (χ4v) is 4.65. The van der Waals surface area contributed by atoms with Gasteiger partial charge < -0.3 is 4.57 Å². The SMILES string of the molecule is CCCCc1ccc(-n2c(C)cc(/C=C3\C(=O)NC(=O)N(c4cc(C)cc(C)c4)C3=O)c2C)cc1. The van der Waals surface area contributed by atoms with E-state index in [2.05, 4.69) is 41.1 Å². The summed E-state index contributed by atoms with van der Waals surface area (Å²) in [6, 6.07) is 15.2. The lowest BCUT2D eigenvalue weighted by atomic mass is 10.1. The van der Waals surface area contributed by atoms with Gasteiger partial charge in [0.1, 0.15) is 5.57 Å². The largest absolute Gasteiger partial charge is 0.335 e. The lowest BCUT2D eigenvalue weighted by Gasteiger charge is -2.27. The lowest BCUT2D eigenvalue weighted by molar-refractivity contribution is -0.122. The smallest absolute Gasteiger partial charge is 0.318 e. The molecule has 3 aromatic rings. The Hall–Kier alpha value is -3.93. The van der Waals surface area contributed by atoms with Crippen molar-refractivity contribution in [2.45, 2.75) is 53.9 Å². The van der Waals surface area contributed by atoms with Crippen LogP contribution in [0.1, 0.15) is 53.4 Å². The van der Waals surface area contributed by atoms with Crippen LogP contribution in [0.5, 0.6) is 0 Å². The molecule has 180 valence electrons. The Balaban J connectivity index is 1.70. The topological polar surface area (TPSA) is 71.4 Å². The highest BCUT2D eigenvalue weighted by atomic mass is 16.2. The van der Waals surface area contributed by atoms with E-state index in [1.165, 1.54) is 5.56 Å². The van der Waals surface area contributed by atoms with Crippen molar-refractivity contribution in [1.29, 1.82) is 0 Å². The third-order valence-corrected chi connectivity index (χ3v) is 6.35. The Bertz CT molecular complexity index is 1330. The van der Waals surface area contributed by atoms with Gasteiger partial charge in [-0.3, -0.25) is 14.9 Å². The Kier molecular flexibility index (Phi) is 6.74. The van der Waals surface area contributed by atoms with Crippen molar-refractivity contribution in [1.82, 2.24) is 9.88 Å². The van der Waals surface area contributed by atoms with Crippen molar-refractivity contribution in [3.8, 4) is 5.69 Å². The number of urea groups is 1. The summed E-state index contributed by atoms with van der Waals surface area (Å²) in [6.45, 7) is 9.94. The number of hydrogen-bond acceptors (Lipinski definition) is 3. The molecule has 0 aliphatic carbocycles. The van der Waals surface area contributed by atoms with Gasteiger partial charge in [0.05, 0.1) is 5.69 Å². The van der Waals surface area contributed by atoms with Gasteiger partial charge >= 0.3 is 6.03 Å². The van der Waals surface area contributed by atoms with Crippen molar-refractivity contribution in [2.24, 2.45) is 0 Å². The zero-order valence-electron chi connectivity index (χ0n) is 20.9. The number of aromatic nitrogens is 1. The fourth-order valence-electron chi connectivity index (χ4n) is 4.65. The molecule has 0 bridgehead atoms. The zero-order valence-corrected chi connectivity index (χ0v) is 20.9. The van der Waals surface area contributed by atoms with Gasteiger partial charge in [0.25, 0.3) is 11.8 Å². The summed E-state index contributed by atoms with van der Waals surface area (Å²) in [5, 5.41) is 2.32. The second-order valence-electron chi connectivity index (χ2n) is 9.24. The van der Waals surface area contributed by atoms with E-state index in [1.807, 2.05) is 39.8 Å². The number of carbonyl (C=O) groups excluding carboxylic acids is 3. The van der Waals surface area contributed by atoms with E-state index in [-0.39, 0.29) is 5.57 Å². The predicted molar refractivity (Wildman–Crippen MR) is 139 cm³/mol. The molecule has 0 unspecified atom stereocenters. The molecule has 1 aliphatic rings. The molecule has 1 saturated heterocycles. The van der Waals surface area contributed by atoms with Crippen molar-refractivity contribution in [2.75, 3.05) is 4.90 Å². The summed E-state index contributed by atoms with van der Waals surface area (Å²) in [5.41, 5.74) is 7.20. The number of nitrogens with one attached hydrogen (secondary N) is 1. The summed E-state index contributed by atoms with van der Waals surface area (Å²) in [5.74, 6) is -1.32. The number of amides is 4. The van der Waals surface area contributed by atoms with Crippen molar-refractivity contribution in [3.63, 3.8) is 0 Å². The van der Waals surface area contributed by atoms with Crippen LogP contribution in [-0.4, -0.2) is 22.4 Å². The number of barbiturate groups is 1. The Morgan fingerprint density at radius 1 is 0.857 bits per heavy atom. The first-order valence-electron chi connectivity index (χ1n) is 12.0. The number of imide groups is 2. The maximum atomic E-state index is 13.3. The summed E-state index contributed by atoms with van der Waals surface area (Å²) in [7, 11) is 0. The Morgan fingerprint density at radius 3 is 2.14 bits per heavy atom. The number of carbonyl (C=O) groups is 3. The minimum Gasteiger partial charge on any atom is -0.318 e. The summed E-state index contributed by atoms with van der Waals surface area (Å²) in [6.07, 6.45) is 4.96. The van der Waals surface area contributed by atoms with Crippen LogP contribution in [0, 0.1) is 27.7 Å². The van der Waals surface area contributed by atoms with Crippen molar-refractivity contribution >= 4 is 29.6 Å². The number of hydrogen-bond donors (Lipinski definition) is 1. The molecule has 0 radical (unpaired) electrons. The van der Waals surface area contributed by atoms with Crippen molar-refractivity contribution < 1.29 is 14.4 Å². The standard InChI is InChI=1S/C29H31N3O3/c1-6-7-8-22-9-11-24(12-10-22)31-20(4)16-23(21(31)5)17-26-27(33)30-29(35)32(28(26)34)25-14-18(2)13-19(3)15-25/h9-17H,6-8H2,1-5H3,(H,30,33,35)/b26-17+. The lowest BCUT2D eigenvalue weighted by Crippen LogP contribution is -2.54. The predicted octanol–water partition coefficient (Wildman–Crippen LogP) is 5.72. The molecule has 6 nitrogen and oxygen atoms in total. The molecule has 35 heavy (non-hydrogen) atoms. The second kappa shape index (κ2) is 9.74. The summed E-state index contributed by atoms with van der Waals surface area (Å²) in [4.78, 5) is 39.6. The third-order valence-electron chi connectivity index (χ3n) is 6.35. The highest BCUT2D eigenvalue weighted by Gasteiger charge is 2.37. The first kappa shape index (κ1) is 24.2. The number of unbranched alkanes of at least 4 members (excludes halogenated alkanes) is 1. The van der Waals surface area contributed by atoms with Gasteiger partial charge in [-0.05, 0) is 99.2 Å². The van der Waals surface area contributed by atoms with Crippen LogP contribution in [0.3, 0.4) is 0 Å². The number of nitrogens with zero attached hydrogens (tertiary/aromatic N) is 2. The molecule has 2 aromatic carbocycles. The molecule has 1 fully saturated rings. The van der Waals surface area contributed by atoms with Gasteiger partial charge in [0.2, 0.25) is 0 Å². The van der Waals surface area contributed by atoms with E-state index in [4.69, 9.17) is 0 Å². The number of rotatable bonds is 6. The van der Waals surface area contributed by atoms with E-state index >= 15 is 0 Å². The minimum absolute atomic E-state index is 0.0704. The van der Waals surface area contributed by atoms with Gasteiger partial charge in [0, 0.05) is 17.1 Å². The normalized spacial score (nSPS) is 15.2. The highest BCUT2D eigenvalue weighted by Crippen LogP contribution is 2.27.